The molecule has 5 fully saturated rings. The van der Waals surface area contributed by atoms with Crippen molar-refractivity contribution < 1.29 is 61.0 Å². The molecule has 5 aliphatic rings. The van der Waals surface area contributed by atoms with E-state index in [1.54, 1.807) is 0 Å². The second-order valence-corrected chi connectivity index (χ2v) is 10.5. The first-order valence-corrected chi connectivity index (χ1v) is 11.6. The third-order valence-electron chi connectivity index (χ3n) is 4.29. The standard InChI is InChI=1S/C6H6O9Si.2C4H9NO/c7-4-1-10-16(13-4,11-2-5(8)14-16)12-3-6(9)15-16;2*1-3-6-4-2-5-1/h1-3H2;2*5H,1-4H2/q-2;;/p+2. The Hall–Kier alpha value is -1.65. The van der Waals surface area contributed by atoms with Crippen molar-refractivity contribution in [2.45, 2.75) is 0 Å². The van der Waals surface area contributed by atoms with Crippen LogP contribution in [0.4, 0.5) is 0 Å². The van der Waals surface area contributed by atoms with Crippen LogP contribution >= 0.6 is 0 Å². The Morgan fingerprint density at radius 1 is 0.571 bits per heavy atom. The quantitative estimate of drug-likeness (QED) is 0.358. The van der Waals surface area contributed by atoms with Crippen molar-refractivity contribution in [2.24, 2.45) is 0 Å². The Bertz CT molecular complexity index is 527. The summed E-state index contributed by atoms with van der Waals surface area (Å²) >= 11 is 0. The maximum atomic E-state index is 11.1. The number of ether oxygens (including phenoxy) is 2. The molecule has 0 aromatic heterocycles. The summed E-state index contributed by atoms with van der Waals surface area (Å²) in [6.07, 6.45) is 0. The molecule has 5 aliphatic heterocycles. The van der Waals surface area contributed by atoms with Gasteiger partial charge in [0.1, 0.15) is 0 Å². The molecule has 0 aliphatic carbocycles. The summed E-state index contributed by atoms with van der Waals surface area (Å²) in [6, 6.07) is 0. The first-order valence-electron chi connectivity index (χ1n) is 9.16. The number of hydrogen-bond acceptors (Lipinski definition) is 11. The van der Waals surface area contributed by atoms with E-state index in [-0.39, 0.29) is 0 Å². The molecule has 0 saturated carbocycles. The summed E-state index contributed by atoms with van der Waals surface area (Å²) in [7, 11) is -6.07. The number of quaternary nitrogens is 2. The molecule has 28 heavy (non-hydrogen) atoms. The van der Waals surface area contributed by atoms with Gasteiger partial charge in [0.15, 0.2) is 0 Å². The molecule has 0 unspecified atom stereocenters. The molecule has 5 saturated heterocycles. The Morgan fingerprint density at radius 3 is 1.04 bits per heavy atom. The Morgan fingerprint density at radius 2 is 0.893 bits per heavy atom. The molecule has 0 amide bonds. The third-order valence-corrected chi connectivity index (χ3v) is 8.42. The van der Waals surface area contributed by atoms with Crippen LogP contribution in [0.25, 0.3) is 0 Å². The van der Waals surface area contributed by atoms with Crippen LogP contribution in [-0.4, -0.2) is 98.4 Å². The van der Waals surface area contributed by atoms with Gasteiger partial charge in [-0.3, -0.25) is 0 Å². The van der Waals surface area contributed by atoms with Gasteiger partial charge in [-0.15, -0.1) is 0 Å². The van der Waals surface area contributed by atoms with Crippen LogP contribution in [0.5, 0.6) is 0 Å². The average Bonchev–Trinajstić information content (AvgIpc) is 3.32. The van der Waals surface area contributed by atoms with E-state index in [9.17, 15) is 14.4 Å². The average molecular weight is 426 g/mol. The molecule has 0 atom stereocenters. The molecule has 0 aromatic rings. The zero-order chi connectivity index (χ0) is 20.0. The van der Waals surface area contributed by atoms with Crippen molar-refractivity contribution in [3.8, 4) is 0 Å². The maximum absolute atomic E-state index is 11.1. The second-order valence-electron chi connectivity index (χ2n) is 6.50. The first kappa shape index (κ1) is 21.1. The zero-order valence-electron chi connectivity index (χ0n) is 15.4. The Balaban J connectivity index is 0.000000153. The fourth-order valence-electron chi connectivity index (χ4n) is 3.02. The molecule has 5 heterocycles. The number of hydrogen-bond donors (Lipinski definition) is 2. The molecular formula is C14H26N2O11Si. The minimum absolute atomic E-state index is 0.579. The number of rotatable bonds is 0. The molecule has 4 N–H and O–H groups in total. The molecule has 0 bridgehead atoms. The predicted octanol–water partition coefficient (Wildman–Crippen LogP) is -4.80. The van der Waals surface area contributed by atoms with Crippen LogP contribution in [0.3, 0.4) is 0 Å². The van der Waals surface area contributed by atoms with Gasteiger partial charge in [-0.1, -0.05) is 0 Å². The fourth-order valence-corrected chi connectivity index (χ4v) is 6.73. The summed E-state index contributed by atoms with van der Waals surface area (Å²) < 4.78 is 39.2. The number of morpholine rings is 2. The van der Waals surface area contributed by atoms with Gasteiger partial charge in [-0.2, -0.15) is 0 Å². The Labute approximate surface area is 160 Å². The van der Waals surface area contributed by atoms with Crippen LogP contribution in [0.1, 0.15) is 0 Å². The molecule has 14 heteroatoms. The van der Waals surface area contributed by atoms with Crippen molar-refractivity contribution in [2.75, 3.05) is 72.4 Å². The zero-order valence-corrected chi connectivity index (χ0v) is 16.4. The Kier molecular flexibility index (Phi) is 6.02. The van der Waals surface area contributed by atoms with E-state index >= 15 is 0 Å². The summed E-state index contributed by atoms with van der Waals surface area (Å²) in [6.45, 7) is 6.65. The first-order chi connectivity index (χ1) is 13.4. The van der Waals surface area contributed by atoms with E-state index in [1.165, 1.54) is 0 Å². The van der Waals surface area contributed by atoms with Crippen molar-refractivity contribution in [3.05, 3.63) is 0 Å². The summed E-state index contributed by atoms with van der Waals surface area (Å²) in [5.74, 6) is -2.68. The third kappa shape index (κ3) is 4.33. The van der Waals surface area contributed by atoms with Crippen LogP contribution in [-0.2, 0) is 50.4 Å². The SMILES string of the molecule is C1COCC[NH2+]1.C1COCC[NH2+]1.O=C1CO[Si-2]23(OCC(=O)O2)(OCC(=O)O3)O1. The predicted molar refractivity (Wildman–Crippen MR) is 86.8 cm³/mol. The van der Waals surface area contributed by atoms with Gasteiger partial charge >= 0.3 is 86.8 Å². The molecule has 0 aromatic carbocycles. The van der Waals surface area contributed by atoms with Gasteiger partial charge in [-0.25, -0.2) is 0 Å². The monoisotopic (exact) mass is 426 g/mol. The van der Waals surface area contributed by atoms with Gasteiger partial charge in [0.05, 0.1) is 52.6 Å². The van der Waals surface area contributed by atoms with Crippen molar-refractivity contribution >= 4 is 26.0 Å². The summed E-state index contributed by atoms with van der Waals surface area (Å²) in [5, 5.41) is 4.53. The molecule has 13 nitrogen and oxygen atoms in total. The van der Waals surface area contributed by atoms with E-state index in [2.05, 4.69) is 10.6 Å². The summed E-state index contributed by atoms with van der Waals surface area (Å²) in [4.78, 5) is 33.4. The number of carbonyl (C=O) groups is 3. The van der Waals surface area contributed by atoms with Gasteiger partial charge in [0, 0.05) is 0 Å². The normalized spacial score (nSPS) is 31.5. The summed E-state index contributed by atoms with van der Waals surface area (Å²) in [5.41, 5.74) is 0. The van der Waals surface area contributed by atoms with E-state index < -0.39 is 45.8 Å². The second kappa shape index (κ2) is 8.00. The van der Waals surface area contributed by atoms with E-state index in [0.717, 1.165) is 52.6 Å². The number of carbonyl (C=O) groups excluding carboxylic acids is 3. The van der Waals surface area contributed by atoms with E-state index in [0.29, 0.717) is 0 Å². The number of nitrogens with two attached hydrogens (primary N) is 2. The molecule has 162 valence electrons. The van der Waals surface area contributed by atoms with Crippen LogP contribution in [0.15, 0.2) is 0 Å². The van der Waals surface area contributed by atoms with Gasteiger partial charge in [0.2, 0.25) is 0 Å². The van der Waals surface area contributed by atoms with Crippen molar-refractivity contribution in [1.29, 1.82) is 0 Å². The molecule has 1 spiro atoms. The van der Waals surface area contributed by atoms with Crippen molar-refractivity contribution in [1.82, 2.24) is 0 Å². The van der Waals surface area contributed by atoms with Gasteiger partial charge in [-0.05, 0) is 0 Å². The van der Waals surface area contributed by atoms with Crippen LogP contribution in [0, 0.1) is 0 Å². The van der Waals surface area contributed by atoms with Crippen LogP contribution in [0.2, 0.25) is 0 Å². The van der Waals surface area contributed by atoms with E-state index in [1.807, 2.05) is 0 Å². The molecular weight excluding hydrogens is 400 g/mol. The van der Waals surface area contributed by atoms with Gasteiger partial charge in [0.25, 0.3) is 0 Å². The van der Waals surface area contributed by atoms with Gasteiger partial charge < -0.3 is 20.1 Å². The minimum atomic E-state index is -6.07. The fraction of sp³-hybridized carbons (Fsp3) is 0.786. The van der Waals surface area contributed by atoms with Crippen molar-refractivity contribution in [3.63, 3.8) is 0 Å². The molecule has 0 radical (unpaired) electrons. The topological polar surface area (TPSA) is 158 Å². The van der Waals surface area contributed by atoms with E-state index in [4.69, 9.17) is 36.0 Å². The van der Waals surface area contributed by atoms with Crippen LogP contribution < -0.4 is 10.6 Å². The molecule has 5 rings (SSSR count).